The van der Waals surface area contributed by atoms with Crippen molar-refractivity contribution in [3.63, 3.8) is 0 Å². The lowest BCUT2D eigenvalue weighted by atomic mass is 9.95. The average molecular weight is 461 g/mol. The standard InChI is InChI=1S/C23H28N2O6S/c1-29-11-10-24-21(27)20-17-8-3-4-9-18(17)32-22(20)25-19(26)14-31-23(28)16-7-5-6-15(12-16)13-30-2/h5-7,12H,3-4,8-11,13-14H2,1-2H3,(H,24,27)(H,25,26). The summed E-state index contributed by atoms with van der Waals surface area (Å²) in [6, 6.07) is 6.86. The Balaban J connectivity index is 1.65. The van der Waals surface area contributed by atoms with Crippen LogP contribution in [0.4, 0.5) is 5.00 Å². The molecule has 0 saturated carbocycles. The van der Waals surface area contributed by atoms with Crippen molar-refractivity contribution < 1.29 is 28.6 Å². The lowest BCUT2D eigenvalue weighted by Crippen LogP contribution is -2.29. The molecular weight excluding hydrogens is 432 g/mol. The van der Waals surface area contributed by atoms with Gasteiger partial charge in [0.05, 0.1) is 24.3 Å². The van der Waals surface area contributed by atoms with Gasteiger partial charge in [-0.2, -0.15) is 0 Å². The molecule has 0 saturated heterocycles. The fraction of sp³-hybridized carbons (Fsp3) is 0.435. The SMILES string of the molecule is COCCNC(=O)c1c(NC(=O)COC(=O)c2cccc(COC)c2)sc2c1CCCC2. The molecule has 1 aliphatic rings. The van der Waals surface area contributed by atoms with E-state index in [1.165, 1.54) is 11.3 Å². The molecule has 0 aliphatic heterocycles. The van der Waals surface area contributed by atoms with Crippen molar-refractivity contribution >= 4 is 34.1 Å². The second-order valence-electron chi connectivity index (χ2n) is 7.42. The van der Waals surface area contributed by atoms with Gasteiger partial charge in [0.25, 0.3) is 11.8 Å². The van der Waals surface area contributed by atoms with Crippen LogP contribution >= 0.6 is 11.3 Å². The van der Waals surface area contributed by atoms with E-state index in [4.69, 9.17) is 14.2 Å². The van der Waals surface area contributed by atoms with E-state index in [1.54, 1.807) is 32.4 Å². The van der Waals surface area contributed by atoms with Crippen molar-refractivity contribution in [3.8, 4) is 0 Å². The number of anilines is 1. The maximum Gasteiger partial charge on any atom is 0.338 e. The van der Waals surface area contributed by atoms with Gasteiger partial charge in [0, 0.05) is 25.6 Å². The van der Waals surface area contributed by atoms with Gasteiger partial charge in [-0.3, -0.25) is 9.59 Å². The van der Waals surface area contributed by atoms with E-state index in [0.29, 0.717) is 35.9 Å². The summed E-state index contributed by atoms with van der Waals surface area (Å²) in [5, 5.41) is 6.10. The zero-order valence-electron chi connectivity index (χ0n) is 18.3. The quantitative estimate of drug-likeness (QED) is 0.417. The zero-order valence-corrected chi connectivity index (χ0v) is 19.1. The first-order chi connectivity index (χ1) is 15.5. The molecule has 1 aromatic heterocycles. The van der Waals surface area contributed by atoms with Gasteiger partial charge in [-0.25, -0.2) is 4.79 Å². The maximum absolute atomic E-state index is 12.8. The number of fused-ring (bicyclic) bond motifs is 1. The number of rotatable bonds is 10. The van der Waals surface area contributed by atoms with Crippen LogP contribution in [0.3, 0.4) is 0 Å². The van der Waals surface area contributed by atoms with E-state index in [9.17, 15) is 14.4 Å². The van der Waals surface area contributed by atoms with Crippen LogP contribution in [0.25, 0.3) is 0 Å². The van der Waals surface area contributed by atoms with Gasteiger partial charge in [0.1, 0.15) is 5.00 Å². The number of esters is 1. The van der Waals surface area contributed by atoms with Gasteiger partial charge in [-0.1, -0.05) is 12.1 Å². The monoisotopic (exact) mass is 460 g/mol. The first-order valence-electron chi connectivity index (χ1n) is 10.5. The minimum Gasteiger partial charge on any atom is -0.452 e. The van der Waals surface area contributed by atoms with Gasteiger partial charge >= 0.3 is 5.97 Å². The van der Waals surface area contributed by atoms with E-state index in [0.717, 1.165) is 41.7 Å². The first-order valence-corrected chi connectivity index (χ1v) is 11.3. The second kappa shape index (κ2) is 11.8. The van der Waals surface area contributed by atoms with Gasteiger partial charge in [-0.05, 0) is 48.9 Å². The fourth-order valence-electron chi connectivity index (χ4n) is 3.58. The Morgan fingerprint density at radius 2 is 1.91 bits per heavy atom. The van der Waals surface area contributed by atoms with Crippen LogP contribution in [0.1, 0.15) is 49.6 Å². The van der Waals surface area contributed by atoms with E-state index in [-0.39, 0.29) is 5.91 Å². The summed E-state index contributed by atoms with van der Waals surface area (Å²) in [5.41, 5.74) is 2.68. The summed E-state index contributed by atoms with van der Waals surface area (Å²) in [7, 11) is 3.14. The lowest BCUT2D eigenvalue weighted by Gasteiger charge is -2.13. The van der Waals surface area contributed by atoms with Crippen molar-refractivity contribution in [1.82, 2.24) is 5.32 Å². The molecule has 3 rings (SSSR count). The molecule has 1 aliphatic carbocycles. The van der Waals surface area contributed by atoms with Crippen LogP contribution in [0.15, 0.2) is 24.3 Å². The van der Waals surface area contributed by atoms with Gasteiger partial charge < -0.3 is 24.8 Å². The van der Waals surface area contributed by atoms with Crippen LogP contribution in [0.5, 0.6) is 0 Å². The molecule has 9 heteroatoms. The largest absolute Gasteiger partial charge is 0.452 e. The van der Waals surface area contributed by atoms with E-state index >= 15 is 0 Å². The Kier molecular flexibility index (Phi) is 8.78. The second-order valence-corrected chi connectivity index (χ2v) is 8.53. The Hall–Kier alpha value is -2.75. The van der Waals surface area contributed by atoms with Crippen LogP contribution in [0, 0.1) is 0 Å². The molecule has 0 unspecified atom stereocenters. The molecular formula is C23H28N2O6S. The Morgan fingerprint density at radius 1 is 1.09 bits per heavy atom. The Bertz CT molecular complexity index is 971. The highest BCUT2D eigenvalue weighted by Crippen LogP contribution is 2.38. The number of methoxy groups -OCH3 is 2. The number of aryl methyl sites for hydroxylation is 1. The third-order valence-corrected chi connectivity index (χ3v) is 6.26. The highest BCUT2D eigenvalue weighted by molar-refractivity contribution is 7.17. The van der Waals surface area contributed by atoms with E-state index in [2.05, 4.69) is 10.6 Å². The van der Waals surface area contributed by atoms with Gasteiger partial charge in [0.2, 0.25) is 0 Å². The molecule has 0 radical (unpaired) electrons. The molecule has 0 bridgehead atoms. The number of ether oxygens (including phenoxy) is 3. The fourth-order valence-corrected chi connectivity index (χ4v) is 4.88. The summed E-state index contributed by atoms with van der Waals surface area (Å²) < 4.78 is 15.2. The highest BCUT2D eigenvalue weighted by Gasteiger charge is 2.26. The Morgan fingerprint density at radius 3 is 2.69 bits per heavy atom. The number of hydrogen-bond donors (Lipinski definition) is 2. The van der Waals surface area contributed by atoms with E-state index < -0.39 is 18.5 Å². The van der Waals surface area contributed by atoms with Crippen molar-refractivity contribution in [1.29, 1.82) is 0 Å². The molecule has 0 fully saturated rings. The van der Waals surface area contributed by atoms with Crippen LogP contribution < -0.4 is 10.6 Å². The van der Waals surface area contributed by atoms with Gasteiger partial charge in [-0.15, -0.1) is 11.3 Å². The number of carbonyl (C=O) groups excluding carboxylic acids is 3. The van der Waals surface area contributed by atoms with Crippen LogP contribution in [-0.4, -0.2) is 51.8 Å². The van der Waals surface area contributed by atoms with Crippen molar-refractivity contribution in [2.45, 2.75) is 32.3 Å². The number of benzene rings is 1. The highest BCUT2D eigenvalue weighted by atomic mass is 32.1. The number of thiophene rings is 1. The van der Waals surface area contributed by atoms with Crippen molar-refractivity contribution in [2.75, 3.05) is 39.3 Å². The Labute approximate surface area is 191 Å². The predicted molar refractivity (Wildman–Crippen MR) is 121 cm³/mol. The topological polar surface area (TPSA) is 103 Å². The summed E-state index contributed by atoms with van der Waals surface area (Å²) in [4.78, 5) is 38.7. The van der Waals surface area contributed by atoms with Crippen LogP contribution in [0.2, 0.25) is 0 Å². The molecule has 0 spiro atoms. The predicted octanol–water partition coefficient (Wildman–Crippen LogP) is 2.95. The summed E-state index contributed by atoms with van der Waals surface area (Å²) in [5.74, 6) is -1.32. The summed E-state index contributed by atoms with van der Waals surface area (Å²) in [6.45, 7) is 0.717. The third-order valence-electron chi connectivity index (χ3n) is 5.05. The molecule has 172 valence electrons. The first kappa shape index (κ1) is 23.9. The molecule has 1 aromatic carbocycles. The summed E-state index contributed by atoms with van der Waals surface area (Å²) in [6.07, 6.45) is 3.77. The van der Waals surface area contributed by atoms with Crippen molar-refractivity contribution in [3.05, 3.63) is 51.4 Å². The number of amides is 2. The minimum atomic E-state index is -0.596. The summed E-state index contributed by atoms with van der Waals surface area (Å²) >= 11 is 1.42. The van der Waals surface area contributed by atoms with Crippen LogP contribution in [-0.2, 0) is 38.5 Å². The average Bonchev–Trinajstić information content (AvgIpc) is 3.15. The number of hydrogen-bond acceptors (Lipinski definition) is 7. The lowest BCUT2D eigenvalue weighted by molar-refractivity contribution is -0.119. The third kappa shape index (κ3) is 6.15. The molecule has 2 amide bonds. The van der Waals surface area contributed by atoms with Crippen molar-refractivity contribution in [2.24, 2.45) is 0 Å². The van der Waals surface area contributed by atoms with E-state index in [1.807, 2.05) is 6.07 Å². The molecule has 32 heavy (non-hydrogen) atoms. The minimum absolute atomic E-state index is 0.233. The number of nitrogens with one attached hydrogen (secondary N) is 2. The molecule has 8 nitrogen and oxygen atoms in total. The molecule has 0 atom stereocenters. The van der Waals surface area contributed by atoms with Gasteiger partial charge in [0.15, 0.2) is 6.61 Å². The smallest absolute Gasteiger partial charge is 0.338 e. The maximum atomic E-state index is 12.8. The molecule has 2 N–H and O–H groups in total. The normalized spacial score (nSPS) is 12.7. The molecule has 1 heterocycles. The number of carbonyl (C=O) groups is 3. The molecule has 2 aromatic rings. The zero-order chi connectivity index (χ0) is 22.9.